The van der Waals surface area contributed by atoms with E-state index in [1.807, 2.05) is 12.1 Å². The number of hydrogen-bond acceptors (Lipinski definition) is 10. The van der Waals surface area contributed by atoms with E-state index >= 15 is 0 Å². The third-order valence-electron chi connectivity index (χ3n) is 4.64. The number of rotatable bonds is 11. The molecule has 3 aromatic rings. The molecule has 3 rings (SSSR count). The summed E-state index contributed by atoms with van der Waals surface area (Å²) in [4.78, 5) is 23.3. The van der Waals surface area contributed by atoms with Crippen molar-refractivity contribution in [2.24, 2.45) is 0 Å². The number of aromatic nitrogens is 3. The van der Waals surface area contributed by atoms with Crippen LogP contribution in [0.1, 0.15) is 11.1 Å². The predicted molar refractivity (Wildman–Crippen MR) is 119 cm³/mol. The van der Waals surface area contributed by atoms with Crippen molar-refractivity contribution in [3.63, 3.8) is 0 Å². The minimum Gasteiger partial charge on any atom is -0.493 e. The second-order valence-electron chi connectivity index (χ2n) is 6.60. The number of nitrogens with zero attached hydrogens (tertiary/aromatic N) is 4. The highest BCUT2D eigenvalue weighted by molar-refractivity contribution is 5.69. The molecule has 0 spiro atoms. The molecular formula is C21H24N6O5. The van der Waals surface area contributed by atoms with Crippen LogP contribution in [0.2, 0.25) is 0 Å². The Morgan fingerprint density at radius 3 is 2.12 bits per heavy atom. The molecule has 0 aliphatic heterocycles. The molecule has 11 nitrogen and oxygen atoms in total. The molecule has 0 fully saturated rings. The fourth-order valence-electron chi connectivity index (χ4n) is 3.11. The molecule has 0 radical (unpaired) electrons. The maximum absolute atomic E-state index is 11.8. The van der Waals surface area contributed by atoms with Crippen molar-refractivity contribution in [2.75, 3.05) is 38.5 Å². The van der Waals surface area contributed by atoms with Gasteiger partial charge in [-0.25, -0.2) is 9.97 Å². The van der Waals surface area contributed by atoms with E-state index in [2.05, 4.69) is 25.6 Å². The second-order valence-corrected chi connectivity index (χ2v) is 6.60. The minimum absolute atomic E-state index is 0.102. The van der Waals surface area contributed by atoms with Crippen molar-refractivity contribution in [1.82, 2.24) is 15.0 Å². The zero-order valence-corrected chi connectivity index (χ0v) is 18.0. The molecule has 168 valence electrons. The number of ether oxygens (including phenoxy) is 3. The van der Waals surface area contributed by atoms with E-state index in [1.165, 1.54) is 27.7 Å². The molecular weight excluding hydrogens is 416 g/mol. The Hall–Kier alpha value is -4.15. The van der Waals surface area contributed by atoms with Crippen LogP contribution in [-0.4, -0.2) is 47.7 Å². The Kier molecular flexibility index (Phi) is 7.57. The monoisotopic (exact) mass is 440 g/mol. The lowest BCUT2D eigenvalue weighted by Crippen LogP contribution is -2.12. The van der Waals surface area contributed by atoms with Gasteiger partial charge in [0.05, 0.1) is 26.3 Å². The quantitative estimate of drug-likeness (QED) is 0.338. The fourth-order valence-corrected chi connectivity index (χ4v) is 3.11. The largest absolute Gasteiger partial charge is 0.493 e. The summed E-state index contributed by atoms with van der Waals surface area (Å²) in [5.41, 5.74) is 1.60. The lowest BCUT2D eigenvalue weighted by molar-refractivity contribution is -0.383. The Bertz CT molecular complexity index is 1040. The predicted octanol–water partition coefficient (Wildman–Crippen LogP) is 3.07. The van der Waals surface area contributed by atoms with Crippen LogP contribution >= 0.6 is 0 Å². The normalized spacial score (nSPS) is 10.3. The van der Waals surface area contributed by atoms with E-state index < -0.39 is 4.92 Å². The Labute approximate surface area is 184 Å². The van der Waals surface area contributed by atoms with Crippen molar-refractivity contribution in [3.8, 4) is 17.2 Å². The summed E-state index contributed by atoms with van der Waals surface area (Å²) in [6.45, 7) is 0.708. The van der Waals surface area contributed by atoms with Crippen LogP contribution in [0.3, 0.4) is 0 Å². The number of methoxy groups -OCH3 is 3. The van der Waals surface area contributed by atoms with Gasteiger partial charge in [-0.1, -0.05) is 0 Å². The molecule has 1 aromatic carbocycles. The van der Waals surface area contributed by atoms with Gasteiger partial charge in [-0.3, -0.25) is 15.1 Å². The molecule has 2 aromatic heterocycles. The van der Waals surface area contributed by atoms with Gasteiger partial charge < -0.3 is 24.8 Å². The molecule has 0 aliphatic carbocycles. The van der Waals surface area contributed by atoms with Gasteiger partial charge in [0.2, 0.25) is 17.4 Å². The third kappa shape index (κ3) is 5.31. The average Bonchev–Trinajstić information content (AvgIpc) is 2.82. The van der Waals surface area contributed by atoms with E-state index in [9.17, 15) is 10.1 Å². The number of anilines is 2. The Morgan fingerprint density at radius 1 is 0.938 bits per heavy atom. The van der Waals surface area contributed by atoms with Crippen LogP contribution in [0.4, 0.5) is 17.3 Å². The van der Waals surface area contributed by atoms with Gasteiger partial charge >= 0.3 is 5.69 Å². The smallest absolute Gasteiger partial charge is 0.353 e. The minimum atomic E-state index is -0.508. The summed E-state index contributed by atoms with van der Waals surface area (Å²) >= 11 is 0. The Balaban J connectivity index is 1.77. The number of pyridine rings is 1. The van der Waals surface area contributed by atoms with Crippen LogP contribution in [0.5, 0.6) is 17.2 Å². The van der Waals surface area contributed by atoms with Gasteiger partial charge in [0.15, 0.2) is 11.5 Å². The van der Waals surface area contributed by atoms with Crippen molar-refractivity contribution >= 4 is 17.3 Å². The summed E-state index contributed by atoms with van der Waals surface area (Å²) in [5, 5.41) is 17.8. The fraction of sp³-hybridized carbons (Fsp3) is 0.286. The summed E-state index contributed by atoms with van der Waals surface area (Å²) in [7, 11) is 4.56. The van der Waals surface area contributed by atoms with E-state index in [1.54, 1.807) is 24.5 Å². The van der Waals surface area contributed by atoms with Crippen LogP contribution < -0.4 is 24.8 Å². The lowest BCUT2D eigenvalue weighted by atomic mass is 10.1. The zero-order valence-electron chi connectivity index (χ0n) is 18.0. The van der Waals surface area contributed by atoms with Gasteiger partial charge in [-0.05, 0) is 41.8 Å². The van der Waals surface area contributed by atoms with Crippen molar-refractivity contribution in [2.45, 2.75) is 13.0 Å². The van der Waals surface area contributed by atoms with E-state index in [0.717, 1.165) is 11.1 Å². The Morgan fingerprint density at radius 2 is 1.56 bits per heavy atom. The highest BCUT2D eigenvalue weighted by atomic mass is 16.6. The van der Waals surface area contributed by atoms with Crippen LogP contribution in [-0.2, 0) is 13.0 Å². The third-order valence-corrected chi connectivity index (χ3v) is 4.64. The molecule has 0 aliphatic rings. The lowest BCUT2D eigenvalue weighted by Gasteiger charge is -2.15. The SMILES string of the molecule is COc1cc(CNc2ncnc(NCCc3ccncc3)c2[N+](=O)[O-])cc(OC)c1OC. The summed E-state index contributed by atoms with van der Waals surface area (Å²) in [6, 6.07) is 7.30. The van der Waals surface area contributed by atoms with Gasteiger partial charge in [-0.2, -0.15) is 0 Å². The maximum Gasteiger partial charge on any atom is 0.353 e. The van der Waals surface area contributed by atoms with E-state index in [-0.39, 0.29) is 23.9 Å². The van der Waals surface area contributed by atoms with Crippen molar-refractivity contribution in [1.29, 1.82) is 0 Å². The number of hydrogen-bond donors (Lipinski definition) is 2. The number of benzene rings is 1. The summed E-state index contributed by atoms with van der Waals surface area (Å²) in [6.07, 6.45) is 5.35. The summed E-state index contributed by atoms with van der Waals surface area (Å²) < 4.78 is 16.0. The second kappa shape index (κ2) is 10.8. The molecule has 2 N–H and O–H groups in total. The average molecular weight is 440 g/mol. The molecule has 0 atom stereocenters. The van der Waals surface area contributed by atoms with Crippen LogP contribution in [0.15, 0.2) is 43.0 Å². The zero-order chi connectivity index (χ0) is 22.9. The number of nitrogens with one attached hydrogen (secondary N) is 2. The topological polar surface area (TPSA) is 134 Å². The van der Waals surface area contributed by atoms with Gasteiger partial charge in [0.1, 0.15) is 6.33 Å². The van der Waals surface area contributed by atoms with Crippen LogP contribution in [0.25, 0.3) is 0 Å². The van der Waals surface area contributed by atoms with Crippen LogP contribution in [0, 0.1) is 10.1 Å². The first kappa shape index (κ1) is 22.5. The molecule has 0 unspecified atom stereocenters. The van der Waals surface area contributed by atoms with Gasteiger partial charge in [-0.15, -0.1) is 0 Å². The van der Waals surface area contributed by atoms with E-state index in [0.29, 0.717) is 30.2 Å². The van der Waals surface area contributed by atoms with Gasteiger partial charge in [0, 0.05) is 25.5 Å². The standard InChI is InChI=1S/C21H24N6O5/c1-30-16-10-15(11-17(31-2)19(16)32-3)12-24-21-18(27(28)29)20(25-13-26-21)23-9-6-14-4-7-22-8-5-14/h4-5,7-8,10-11,13H,6,9,12H2,1-3H3,(H2,23,24,25,26). The molecule has 0 saturated heterocycles. The first-order chi connectivity index (χ1) is 15.6. The number of nitro groups is 1. The van der Waals surface area contributed by atoms with Gasteiger partial charge in [0.25, 0.3) is 0 Å². The van der Waals surface area contributed by atoms with E-state index in [4.69, 9.17) is 14.2 Å². The molecule has 11 heteroatoms. The maximum atomic E-state index is 11.8. The highest BCUT2D eigenvalue weighted by Crippen LogP contribution is 2.38. The van der Waals surface area contributed by atoms with Crippen molar-refractivity contribution in [3.05, 3.63) is 64.2 Å². The van der Waals surface area contributed by atoms with Crippen molar-refractivity contribution < 1.29 is 19.1 Å². The first-order valence-electron chi connectivity index (χ1n) is 9.72. The molecule has 0 bridgehead atoms. The molecule has 0 saturated carbocycles. The summed E-state index contributed by atoms with van der Waals surface area (Å²) in [5.74, 6) is 1.68. The first-order valence-corrected chi connectivity index (χ1v) is 9.72. The molecule has 32 heavy (non-hydrogen) atoms. The highest BCUT2D eigenvalue weighted by Gasteiger charge is 2.23. The molecule has 2 heterocycles. The molecule has 0 amide bonds.